The molecule has 46 heavy (non-hydrogen) atoms. The van der Waals surface area contributed by atoms with Crippen LogP contribution in [0.15, 0.2) is 55.4 Å². The zero-order chi connectivity index (χ0) is 32.2. The minimum Gasteiger partial charge on any atom is -0.494 e. The molecule has 0 bridgehead atoms. The highest BCUT2D eigenvalue weighted by Crippen LogP contribution is 2.41. The van der Waals surface area contributed by atoms with Crippen molar-refractivity contribution >= 4 is 46.2 Å². The molecule has 6 rings (SSSR count). The molecule has 13 heteroatoms. The van der Waals surface area contributed by atoms with Gasteiger partial charge in [-0.25, -0.2) is 19.4 Å². The zero-order valence-corrected chi connectivity index (χ0v) is 27.0. The van der Waals surface area contributed by atoms with Crippen molar-refractivity contribution < 1.29 is 18.8 Å². The number of carbonyl (C=O) groups is 1. The number of ether oxygens (including phenoxy) is 1. The Bertz CT molecular complexity index is 1560. The number of amides is 1. The SMILES string of the molecule is C=CC(=O)Nc1cc(Nc2cc(N3OCCC3c3cccc(F)c3Cl)ncn2)c(OC)cc1N1CCC(N2CCN(C)CC2)CC1. The van der Waals surface area contributed by atoms with Gasteiger partial charge < -0.3 is 25.2 Å². The second kappa shape index (κ2) is 14.2. The van der Waals surface area contributed by atoms with Crippen molar-refractivity contribution in [1.29, 1.82) is 0 Å². The number of nitrogens with one attached hydrogen (secondary N) is 2. The van der Waals surface area contributed by atoms with Crippen molar-refractivity contribution in [3.05, 3.63) is 71.8 Å². The van der Waals surface area contributed by atoms with Crippen LogP contribution in [-0.2, 0) is 9.63 Å². The summed E-state index contributed by atoms with van der Waals surface area (Å²) in [5.74, 6) is 0.770. The lowest BCUT2D eigenvalue weighted by Crippen LogP contribution is -2.52. The van der Waals surface area contributed by atoms with E-state index in [-0.39, 0.29) is 17.0 Å². The van der Waals surface area contributed by atoms with Crippen molar-refractivity contribution in [1.82, 2.24) is 19.8 Å². The number of benzene rings is 2. The number of piperidine rings is 1. The molecule has 1 unspecified atom stereocenters. The number of hydroxylamine groups is 1. The van der Waals surface area contributed by atoms with Crippen LogP contribution < -0.4 is 25.3 Å². The van der Waals surface area contributed by atoms with Crippen LogP contribution in [0.1, 0.15) is 30.9 Å². The molecule has 0 radical (unpaired) electrons. The molecule has 1 aromatic heterocycles. The molecule has 0 spiro atoms. The molecule has 11 nitrogen and oxygen atoms in total. The van der Waals surface area contributed by atoms with E-state index in [0.29, 0.717) is 53.4 Å². The Morgan fingerprint density at radius 2 is 1.87 bits per heavy atom. The summed E-state index contributed by atoms with van der Waals surface area (Å²) in [6.07, 6.45) is 5.39. The second-order valence-electron chi connectivity index (χ2n) is 11.8. The van der Waals surface area contributed by atoms with E-state index < -0.39 is 5.82 Å². The fourth-order valence-corrected chi connectivity index (χ4v) is 6.72. The van der Waals surface area contributed by atoms with E-state index in [1.165, 1.54) is 18.5 Å². The summed E-state index contributed by atoms with van der Waals surface area (Å²) < 4.78 is 20.1. The number of halogens is 2. The quantitative estimate of drug-likeness (QED) is 0.299. The molecule has 3 aliphatic rings. The maximum absolute atomic E-state index is 14.3. The molecule has 3 aromatic rings. The highest BCUT2D eigenvalue weighted by Gasteiger charge is 2.32. The summed E-state index contributed by atoms with van der Waals surface area (Å²) in [7, 11) is 3.79. The summed E-state index contributed by atoms with van der Waals surface area (Å²) in [5, 5.41) is 8.02. The van der Waals surface area contributed by atoms with Gasteiger partial charge in [0.25, 0.3) is 0 Å². The maximum atomic E-state index is 14.3. The summed E-state index contributed by atoms with van der Waals surface area (Å²) in [6.45, 7) is 10.2. The van der Waals surface area contributed by atoms with Crippen molar-refractivity contribution in [2.75, 3.05) is 80.6 Å². The first-order valence-electron chi connectivity index (χ1n) is 15.6. The van der Waals surface area contributed by atoms with E-state index in [1.54, 1.807) is 30.4 Å². The number of hydrogen-bond donors (Lipinski definition) is 2. The van der Waals surface area contributed by atoms with E-state index in [1.807, 2.05) is 12.1 Å². The van der Waals surface area contributed by atoms with Crippen LogP contribution in [-0.4, -0.2) is 91.7 Å². The molecule has 4 heterocycles. The molecule has 1 amide bonds. The molecule has 2 N–H and O–H groups in total. The normalized spacial score (nSPS) is 19.7. The first-order valence-corrected chi connectivity index (χ1v) is 16.0. The van der Waals surface area contributed by atoms with Gasteiger partial charge in [0.2, 0.25) is 5.91 Å². The molecular weight excluding hydrogens is 611 g/mol. The average Bonchev–Trinajstić information content (AvgIpc) is 3.57. The number of likely N-dealkylation sites (N-methyl/N-ethyl adjacent to an activating group) is 1. The van der Waals surface area contributed by atoms with Crippen LogP contribution in [0.2, 0.25) is 5.02 Å². The molecule has 3 fully saturated rings. The van der Waals surface area contributed by atoms with Gasteiger partial charge in [-0.05, 0) is 43.7 Å². The lowest BCUT2D eigenvalue weighted by Gasteiger charge is -2.43. The van der Waals surface area contributed by atoms with Crippen LogP contribution in [0, 0.1) is 5.82 Å². The first-order chi connectivity index (χ1) is 22.3. The van der Waals surface area contributed by atoms with Gasteiger partial charge in [-0.15, -0.1) is 0 Å². The smallest absolute Gasteiger partial charge is 0.247 e. The van der Waals surface area contributed by atoms with Crippen molar-refractivity contribution in [2.24, 2.45) is 0 Å². The van der Waals surface area contributed by atoms with Crippen LogP contribution >= 0.6 is 11.6 Å². The fourth-order valence-electron chi connectivity index (χ4n) is 6.47. The first kappa shape index (κ1) is 32.0. The van der Waals surface area contributed by atoms with Crippen LogP contribution in [0.4, 0.5) is 33.1 Å². The molecule has 3 aliphatic heterocycles. The van der Waals surface area contributed by atoms with Gasteiger partial charge in [0.1, 0.15) is 23.7 Å². The lowest BCUT2D eigenvalue weighted by atomic mass is 10.0. The van der Waals surface area contributed by atoms with Gasteiger partial charge in [-0.1, -0.05) is 30.3 Å². The van der Waals surface area contributed by atoms with Gasteiger partial charge in [0, 0.05) is 63.9 Å². The van der Waals surface area contributed by atoms with E-state index >= 15 is 0 Å². The van der Waals surface area contributed by atoms with Crippen LogP contribution in [0.3, 0.4) is 0 Å². The third-order valence-electron chi connectivity index (χ3n) is 9.01. The Hall–Kier alpha value is -3.97. The standard InChI is InChI=1S/C33H40ClFN8O3/c1-4-32(44)39-25-18-26(29(45-3)19-28(25)42-11-8-22(9-12-42)41-15-13-40(2)14-16-41)38-30-20-31(37-21-36-30)43-27(10-17-46-43)23-6-5-7-24(35)33(23)34/h4-7,18-22,27H,1,8-17H2,2-3H3,(H,39,44)(H,36,37,38). The highest BCUT2D eigenvalue weighted by molar-refractivity contribution is 6.31. The zero-order valence-electron chi connectivity index (χ0n) is 26.2. The number of rotatable bonds is 9. The minimum atomic E-state index is -0.481. The van der Waals surface area contributed by atoms with Crippen LogP contribution in [0.25, 0.3) is 0 Å². The number of anilines is 5. The number of methoxy groups -OCH3 is 1. The predicted molar refractivity (Wildman–Crippen MR) is 179 cm³/mol. The summed E-state index contributed by atoms with van der Waals surface area (Å²) in [6, 6.07) is 10.5. The molecule has 0 saturated carbocycles. The molecule has 0 aliphatic carbocycles. The number of hydrogen-bond acceptors (Lipinski definition) is 10. The monoisotopic (exact) mass is 650 g/mol. The summed E-state index contributed by atoms with van der Waals surface area (Å²) in [4.78, 5) is 34.6. The number of aromatic nitrogens is 2. The molecule has 3 saturated heterocycles. The van der Waals surface area contributed by atoms with Crippen molar-refractivity contribution in [3.63, 3.8) is 0 Å². The van der Waals surface area contributed by atoms with Crippen LogP contribution in [0.5, 0.6) is 5.75 Å². The number of nitrogens with zero attached hydrogens (tertiary/aromatic N) is 6. The van der Waals surface area contributed by atoms with Gasteiger partial charge in [-0.2, -0.15) is 0 Å². The topological polar surface area (TPSA) is 98.3 Å². The second-order valence-corrected chi connectivity index (χ2v) is 12.2. The van der Waals surface area contributed by atoms with Gasteiger partial charge in [0.05, 0.1) is 41.8 Å². The maximum Gasteiger partial charge on any atom is 0.247 e. The minimum absolute atomic E-state index is 0.0675. The Kier molecular flexibility index (Phi) is 9.88. The number of piperazine rings is 1. The number of carbonyl (C=O) groups excluding carboxylic acids is 1. The Labute approximate surface area is 273 Å². The van der Waals surface area contributed by atoms with Gasteiger partial charge >= 0.3 is 0 Å². The molecular formula is C33H40ClFN8O3. The lowest BCUT2D eigenvalue weighted by molar-refractivity contribution is -0.111. The Morgan fingerprint density at radius 1 is 1.09 bits per heavy atom. The van der Waals surface area contributed by atoms with E-state index in [4.69, 9.17) is 21.2 Å². The highest BCUT2D eigenvalue weighted by atomic mass is 35.5. The van der Waals surface area contributed by atoms with Gasteiger partial charge in [-0.3, -0.25) is 14.5 Å². The third-order valence-corrected chi connectivity index (χ3v) is 9.41. The molecule has 244 valence electrons. The van der Waals surface area contributed by atoms with E-state index in [9.17, 15) is 9.18 Å². The Balaban J connectivity index is 1.23. The van der Waals surface area contributed by atoms with E-state index in [2.05, 4.69) is 48.9 Å². The van der Waals surface area contributed by atoms with E-state index in [0.717, 1.165) is 57.8 Å². The summed E-state index contributed by atoms with van der Waals surface area (Å²) >= 11 is 6.32. The largest absolute Gasteiger partial charge is 0.494 e. The predicted octanol–water partition coefficient (Wildman–Crippen LogP) is 5.25. The molecule has 2 aromatic carbocycles. The van der Waals surface area contributed by atoms with Crippen molar-refractivity contribution in [3.8, 4) is 5.75 Å². The Morgan fingerprint density at radius 3 is 2.61 bits per heavy atom. The molecule has 1 atom stereocenters. The summed E-state index contributed by atoms with van der Waals surface area (Å²) in [5.41, 5.74) is 2.76. The van der Waals surface area contributed by atoms with Gasteiger partial charge in [0.15, 0.2) is 5.82 Å². The third kappa shape index (κ3) is 6.90. The average molecular weight is 651 g/mol. The van der Waals surface area contributed by atoms with Crippen molar-refractivity contribution in [2.45, 2.75) is 31.3 Å². The fraction of sp³-hybridized carbons (Fsp3) is 0.424.